The second-order valence-corrected chi connectivity index (χ2v) is 1.40. The zero-order valence-corrected chi connectivity index (χ0v) is 5.29. The van der Waals surface area contributed by atoms with Crippen LogP contribution in [0.5, 0.6) is 0 Å². The van der Waals surface area contributed by atoms with Gasteiger partial charge in [0.05, 0.1) is 6.04 Å². The summed E-state index contributed by atoms with van der Waals surface area (Å²) in [5, 5.41) is 0. The summed E-state index contributed by atoms with van der Waals surface area (Å²) in [6.07, 6.45) is 0. The van der Waals surface area contributed by atoms with Gasteiger partial charge in [-0.3, -0.25) is 4.79 Å². The Labute approximate surface area is 49.5 Å². The fraction of sp³-hybridized carbons (Fsp3) is 0.750. The van der Waals surface area contributed by atoms with Crippen LogP contribution < -0.4 is 5.73 Å². The molecule has 0 aliphatic rings. The molecule has 0 rings (SSSR count). The number of rotatable bonds is 1. The smallest absolute Gasteiger partial charge is 0.146 e. The summed E-state index contributed by atoms with van der Waals surface area (Å²) in [5.41, 5.74) is 5.09. The predicted molar refractivity (Wildman–Crippen MR) is 31.6 cm³/mol. The summed E-state index contributed by atoms with van der Waals surface area (Å²) in [6, 6.07) is -0.287. The lowest BCUT2D eigenvalue weighted by molar-refractivity contribution is -0.117. The molecule has 1 unspecified atom stereocenters. The molecule has 0 radical (unpaired) electrons. The van der Waals surface area contributed by atoms with E-state index in [1.165, 1.54) is 6.92 Å². The van der Waals surface area contributed by atoms with Crippen LogP contribution in [-0.2, 0) is 4.79 Å². The molecule has 0 aromatic rings. The third-order valence-corrected chi connectivity index (χ3v) is 0.641. The first-order valence-corrected chi connectivity index (χ1v) is 1.90. The molecule has 0 saturated heterocycles. The third-order valence-electron chi connectivity index (χ3n) is 0.641. The molecule has 0 aliphatic carbocycles. The summed E-state index contributed by atoms with van der Waals surface area (Å²) in [5.74, 6) is 0.0370. The summed E-state index contributed by atoms with van der Waals surface area (Å²) < 4.78 is 0. The minimum atomic E-state index is -0.287. The first kappa shape index (κ1) is 10.0. The molecule has 44 valence electrons. The number of Topliss-reactive ketones (excluding diaryl/α,β-unsaturated/α-hetero) is 1. The number of carbonyl (C=O) groups excluding carboxylic acids is 1. The van der Waals surface area contributed by atoms with E-state index in [2.05, 4.69) is 0 Å². The van der Waals surface area contributed by atoms with Gasteiger partial charge in [0.1, 0.15) is 5.78 Å². The number of ketones is 1. The minimum Gasteiger partial charge on any atom is -0.322 e. The van der Waals surface area contributed by atoms with Gasteiger partial charge in [-0.25, -0.2) is 0 Å². The summed E-state index contributed by atoms with van der Waals surface area (Å²) in [7, 11) is 0. The Morgan fingerprint density at radius 2 is 1.86 bits per heavy atom. The van der Waals surface area contributed by atoms with Gasteiger partial charge in [0.25, 0.3) is 0 Å². The zero-order valence-electron chi connectivity index (χ0n) is 4.47. The Hall–Kier alpha value is -0.0800. The van der Waals surface area contributed by atoms with Crippen molar-refractivity contribution in [1.29, 1.82) is 0 Å². The fourth-order valence-corrected chi connectivity index (χ4v) is 0. The predicted octanol–water partition coefficient (Wildman–Crippen LogP) is 0.344. The van der Waals surface area contributed by atoms with Crippen molar-refractivity contribution in [2.75, 3.05) is 0 Å². The second kappa shape index (κ2) is 4.09. The molecule has 0 aliphatic heterocycles. The van der Waals surface area contributed by atoms with Gasteiger partial charge in [-0.2, -0.15) is 0 Å². The lowest BCUT2D eigenvalue weighted by atomic mass is 10.3. The highest BCUT2D eigenvalue weighted by atomic mass is 35.5. The molecule has 0 heterocycles. The van der Waals surface area contributed by atoms with E-state index in [9.17, 15) is 4.79 Å². The van der Waals surface area contributed by atoms with Gasteiger partial charge in [0.15, 0.2) is 0 Å². The normalized spacial score (nSPS) is 11.9. The number of halogens is 1. The van der Waals surface area contributed by atoms with Crippen LogP contribution in [0.2, 0.25) is 0 Å². The van der Waals surface area contributed by atoms with Crippen LogP contribution in [0.15, 0.2) is 0 Å². The van der Waals surface area contributed by atoms with Gasteiger partial charge in [-0.15, -0.1) is 12.4 Å². The molecule has 0 fully saturated rings. The SMILES string of the molecule is CC(=O)C(C)N.Cl. The first-order valence-electron chi connectivity index (χ1n) is 1.90. The molecule has 0 saturated carbocycles. The second-order valence-electron chi connectivity index (χ2n) is 1.40. The van der Waals surface area contributed by atoms with Crippen molar-refractivity contribution in [3.63, 3.8) is 0 Å². The van der Waals surface area contributed by atoms with Crippen LogP contribution in [0.1, 0.15) is 13.8 Å². The zero-order chi connectivity index (χ0) is 5.15. The van der Waals surface area contributed by atoms with Crippen molar-refractivity contribution in [3.8, 4) is 0 Å². The van der Waals surface area contributed by atoms with Crippen LogP contribution in [0.3, 0.4) is 0 Å². The van der Waals surface area contributed by atoms with Crippen LogP contribution in [0.4, 0.5) is 0 Å². The third kappa shape index (κ3) is 5.92. The molecule has 3 heteroatoms. The van der Waals surface area contributed by atoms with Crippen molar-refractivity contribution in [2.24, 2.45) is 5.73 Å². The fourth-order valence-electron chi connectivity index (χ4n) is 0. The Kier molecular flexibility index (Phi) is 5.85. The largest absolute Gasteiger partial charge is 0.322 e. The molecule has 0 aromatic carbocycles. The van der Waals surface area contributed by atoms with Crippen molar-refractivity contribution >= 4 is 18.2 Å². The molecule has 0 aromatic heterocycles. The number of hydrogen-bond acceptors (Lipinski definition) is 2. The maximum absolute atomic E-state index is 10.0. The van der Waals surface area contributed by atoms with E-state index in [4.69, 9.17) is 5.73 Å². The lowest BCUT2D eigenvalue weighted by Gasteiger charge is -1.91. The van der Waals surface area contributed by atoms with E-state index in [1.807, 2.05) is 0 Å². The highest BCUT2D eigenvalue weighted by Crippen LogP contribution is 1.72. The molecule has 0 amide bonds. The van der Waals surface area contributed by atoms with E-state index < -0.39 is 0 Å². The van der Waals surface area contributed by atoms with Gasteiger partial charge in [0, 0.05) is 0 Å². The van der Waals surface area contributed by atoms with Crippen molar-refractivity contribution < 1.29 is 4.79 Å². The van der Waals surface area contributed by atoms with E-state index in [0.29, 0.717) is 0 Å². The number of carbonyl (C=O) groups is 1. The Morgan fingerprint density at radius 3 is 1.86 bits per heavy atom. The van der Waals surface area contributed by atoms with Gasteiger partial charge in [-0.1, -0.05) is 0 Å². The lowest BCUT2D eigenvalue weighted by Crippen LogP contribution is -2.23. The van der Waals surface area contributed by atoms with Crippen LogP contribution >= 0.6 is 12.4 Å². The summed E-state index contributed by atoms with van der Waals surface area (Å²) in [4.78, 5) is 10.0. The molecule has 2 N–H and O–H groups in total. The van der Waals surface area contributed by atoms with E-state index in [-0.39, 0.29) is 24.2 Å². The van der Waals surface area contributed by atoms with Crippen molar-refractivity contribution in [3.05, 3.63) is 0 Å². The Balaban J connectivity index is 0. The van der Waals surface area contributed by atoms with Crippen molar-refractivity contribution in [1.82, 2.24) is 0 Å². The average molecular weight is 124 g/mol. The standard InChI is InChI=1S/C4H9NO.ClH/c1-3(5)4(2)6;/h3H,5H2,1-2H3;1H. The maximum atomic E-state index is 10.0. The van der Waals surface area contributed by atoms with E-state index in [1.54, 1.807) is 6.92 Å². The van der Waals surface area contributed by atoms with Crippen LogP contribution in [-0.4, -0.2) is 11.8 Å². The Morgan fingerprint density at radius 1 is 1.71 bits per heavy atom. The van der Waals surface area contributed by atoms with Crippen LogP contribution in [0.25, 0.3) is 0 Å². The van der Waals surface area contributed by atoms with E-state index in [0.717, 1.165) is 0 Å². The first-order chi connectivity index (χ1) is 2.64. The molecular formula is C4H10ClNO. The number of hydrogen-bond donors (Lipinski definition) is 1. The number of nitrogens with two attached hydrogens (primary N) is 1. The highest BCUT2D eigenvalue weighted by molar-refractivity contribution is 5.85. The molecule has 1 atom stereocenters. The minimum absolute atomic E-state index is 0. The Bertz CT molecular complexity index is 62.7. The quantitative estimate of drug-likeness (QED) is 0.547. The molecular weight excluding hydrogens is 114 g/mol. The summed E-state index contributed by atoms with van der Waals surface area (Å²) >= 11 is 0. The monoisotopic (exact) mass is 123 g/mol. The van der Waals surface area contributed by atoms with Crippen molar-refractivity contribution in [2.45, 2.75) is 19.9 Å². The van der Waals surface area contributed by atoms with Gasteiger partial charge >= 0.3 is 0 Å². The molecule has 2 nitrogen and oxygen atoms in total. The topological polar surface area (TPSA) is 43.1 Å². The summed E-state index contributed by atoms with van der Waals surface area (Å²) in [6.45, 7) is 3.15. The molecule has 7 heavy (non-hydrogen) atoms. The van der Waals surface area contributed by atoms with Gasteiger partial charge in [0.2, 0.25) is 0 Å². The molecule has 0 spiro atoms. The van der Waals surface area contributed by atoms with Crippen LogP contribution in [0, 0.1) is 0 Å². The highest BCUT2D eigenvalue weighted by Gasteiger charge is 1.95. The van der Waals surface area contributed by atoms with Gasteiger partial charge < -0.3 is 5.73 Å². The average Bonchev–Trinajstić information content (AvgIpc) is 1.36. The van der Waals surface area contributed by atoms with E-state index >= 15 is 0 Å². The van der Waals surface area contributed by atoms with Gasteiger partial charge in [-0.05, 0) is 13.8 Å². The maximum Gasteiger partial charge on any atom is 0.146 e. The molecule has 0 bridgehead atoms.